The molecule has 0 saturated carbocycles. The second kappa shape index (κ2) is 3.86. The first-order chi connectivity index (χ1) is 5.74. The lowest BCUT2D eigenvalue weighted by Crippen LogP contribution is -1.97. The zero-order valence-corrected chi connectivity index (χ0v) is 7.21. The van der Waals surface area contributed by atoms with Gasteiger partial charge in [0.1, 0.15) is 0 Å². The van der Waals surface area contributed by atoms with Crippen LogP contribution in [0.25, 0.3) is 0 Å². The van der Waals surface area contributed by atoms with Gasteiger partial charge in [0.05, 0.1) is 0 Å². The third-order valence-electron chi connectivity index (χ3n) is 1.73. The van der Waals surface area contributed by atoms with Crippen molar-refractivity contribution >= 4 is 0 Å². The summed E-state index contributed by atoms with van der Waals surface area (Å²) in [6.07, 6.45) is 2.65. The van der Waals surface area contributed by atoms with Crippen molar-refractivity contribution in [3.8, 4) is 0 Å². The summed E-state index contributed by atoms with van der Waals surface area (Å²) in [5, 5.41) is 0. The summed E-state index contributed by atoms with van der Waals surface area (Å²) in [5.74, 6) is 0. The Morgan fingerprint density at radius 2 is 2.25 bits per heavy atom. The monoisotopic (exact) mass is 160 g/mol. The Balaban J connectivity index is 3.21. The van der Waals surface area contributed by atoms with Crippen LogP contribution in [0.15, 0.2) is 41.7 Å². The third kappa shape index (κ3) is 2.06. The van der Waals surface area contributed by atoms with Crippen LogP contribution >= 0.6 is 0 Å². The van der Waals surface area contributed by atoms with E-state index in [4.69, 9.17) is 0 Å². The number of hydrogen-bond donors (Lipinski definition) is 0. The highest BCUT2D eigenvalue weighted by Crippen LogP contribution is 1.99. The highest BCUT2D eigenvalue weighted by Gasteiger charge is 1.91. The minimum Gasteiger partial charge on any atom is -0.290 e. The van der Waals surface area contributed by atoms with Crippen LogP contribution in [0.2, 0.25) is 0 Å². The molecule has 12 heavy (non-hydrogen) atoms. The van der Waals surface area contributed by atoms with Crippen molar-refractivity contribution in [2.24, 2.45) is 0 Å². The first-order valence-corrected chi connectivity index (χ1v) is 3.95. The summed E-state index contributed by atoms with van der Waals surface area (Å²) in [4.78, 5) is 11.1. The molecule has 1 aromatic carbocycles. The van der Waals surface area contributed by atoms with Crippen molar-refractivity contribution in [1.82, 2.24) is 0 Å². The van der Waals surface area contributed by atoms with Crippen LogP contribution in [0.4, 0.5) is 0 Å². The van der Waals surface area contributed by atoms with Crippen molar-refractivity contribution in [2.75, 3.05) is 0 Å². The van der Waals surface area contributed by atoms with Crippen LogP contribution in [0.3, 0.4) is 0 Å². The molecule has 0 unspecified atom stereocenters. The zero-order chi connectivity index (χ0) is 8.97. The maximum Gasteiger partial charge on any atom is 0.181 e. The minimum absolute atomic E-state index is 0.0883. The van der Waals surface area contributed by atoms with Crippen molar-refractivity contribution in [3.63, 3.8) is 0 Å². The summed E-state index contributed by atoms with van der Waals surface area (Å²) in [6.45, 7) is 5.48. The number of allylic oxidation sites excluding steroid dienone is 1. The first-order valence-electron chi connectivity index (χ1n) is 3.95. The first kappa shape index (κ1) is 8.72. The molecule has 0 fully saturated rings. The average molecular weight is 160 g/mol. The van der Waals surface area contributed by atoms with E-state index in [1.807, 2.05) is 25.1 Å². The smallest absolute Gasteiger partial charge is 0.181 e. The molecular formula is C11H12O. The van der Waals surface area contributed by atoms with Crippen molar-refractivity contribution in [1.29, 1.82) is 0 Å². The fourth-order valence-electron chi connectivity index (χ4n) is 1.08. The van der Waals surface area contributed by atoms with Crippen LogP contribution in [-0.2, 0) is 6.42 Å². The summed E-state index contributed by atoms with van der Waals surface area (Å²) in [7, 11) is 0. The lowest BCUT2D eigenvalue weighted by atomic mass is 10.2. The van der Waals surface area contributed by atoms with Crippen LogP contribution in [0.1, 0.15) is 11.1 Å². The Labute approximate surface area is 72.4 Å². The molecule has 1 heteroatoms. The molecule has 0 aliphatic heterocycles. The van der Waals surface area contributed by atoms with Gasteiger partial charge in [-0.25, -0.2) is 0 Å². The Kier molecular flexibility index (Phi) is 2.81. The molecule has 0 saturated heterocycles. The van der Waals surface area contributed by atoms with Gasteiger partial charge in [-0.05, 0) is 30.5 Å². The largest absolute Gasteiger partial charge is 0.290 e. The Hall–Kier alpha value is -1.37. The van der Waals surface area contributed by atoms with Gasteiger partial charge in [-0.3, -0.25) is 4.79 Å². The minimum atomic E-state index is 0.0883. The Morgan fingerprint density at radius 1 is 1.50 bits per heavy atom. The van der Waals surface area contributed by atoms with Gasteiger partial charge >= 0.3 is 0 Å². The van der Waals surface area contributed by atoms with E-state index in [0.717, 1.165) is 17.5 Å². The fraction of sp³-hybridized carbons (Fsp3) is 0.182. The van der Waals surface area contributed by atoms with Gasteiger partial charge in [0.2, 0.25) is 0 Å². The SMILES string of the molecule is C=CCc1cccc(=O)c(C)c1. The molecule has 0 atom stereocenters. The van der Waals surface area contributed by atoms with Gasteiger partial charge in [-0.1, -0.05) is 24.3 Å². The number of aryl methyl sites for hydroxylation is 1. The molecule has 0 bridgehead atoms. The molecule has 62 valence electrons. The maximum absolute atomic E-state index is 11.1. The standard InChI is InChI=1S/C11H12O/c1-3-5-10-6-4-7-11(12)9(2)8-10/h3-4,6-8H,1,5H2,2H3. The lowest BCUT2D eigenvalue weighted by Gasteiger charge is -1.89. The summed E-state index contributed by atoms with van der Waals surface area (Å²) in [6, 6.07) is 7.22. The maximum atomic E-state index is 11.1. The van der Waals surface area contributed by atoms with E-state index < -0.39 is 0 Å². The average Bonchev–Trinajstić information content (AvgIpc) is 2.16. The zero-order valence-electron chi connectivity index (χ0n) is 7.21. The number of hydrogen-bond acceptors (Lipinski definition) is 1. The quantitative estimate of drug-likeness (QED) is 0.605. The van der Waals surface area contributed by atoms with E-state index in [2.05, 4.69) is 6.58 Å². The van der Waals surface area contributed by atoms with Gasteiger partial charge < -0.3 is 0 Å². The van der Waals surface area contributed by atoms with Crippen LogP contribution in [0, 0.1) is 6.92 Å². The van der Waals surface area contributed by atoms with Gasteiger partial charge in [-0.15, -0.1) is 6.58 Å². The molecule has 0 heterocycles. The molecule has 0 N–H and O–H groups in total. The van der Waals surface area contributed by atoms with E-state index in [0.29, 0.717) is 0 Å². The Bertz CT molecular complexity index is 339. The molecule has 0 aromatic heterocycles. The van der Waals surface area contributed by atoms with Gasteiger partial charge in [0.15, 0.2) is 5.43 Å². The van der Waals surface area contributed by atoms with Gasteiger partial charge in [-0.2, -0.15) is 0 Å². The normalized spacial score (nSPS) is 9.42. The molecule has 0 aliphatic carbocycles. The molecule has 1 aromatic rings. The summed E-state index contributed by atoms with van der Waals surface area (Å²) in [5.41, 5.74) is 2.01. The van der Waals surface area contributed by atoms with E-state index >= 15 is 0 Å². The Morgan fingerprint density at radius 3 is 2.92 bits per heavy atom. The molecule has 0 spiro atoms. The van der Waals surface area contributed by atoms with E-state index in [9.17, 15) is 4.79 Å². The van der Waals surface area contributed by atoms with Crippen LogP contribution < -0.4 is 5.43 Å². The van der Waals surface area contributed by atoms with E-state index in [1.54, 1.807) is 12.1 Å². The molecular weight excluding hydrogens is 148 g/mol. The topological polar surface area (TPSA) is 17.1 Å². The van der Waals surface area contributed by atoms with Crippen LogP contribution in [-0.4, -0.2) is 0 Å². The fourth-order valence-corrected chi connectivity index (χ4v) is 1.08. The van der Waals surface area contributed by atoms with Crippen molar-refractivity contribution < 1.29 is 0 Å². The highest BCUT2D eigenvalue weighted by atomic mass is 16.1. The second-order valence-corrected chi connectivity index (χ2v) is 2.79. The summed E-state index contributed by atoms with van der Waals surface area (Å²) < 4.78 is 0. The second-order valence-electron chi connectivity index (χ2n) is 2.79. The molecule has 0 radical (unpaired) electrons. The molecule has 0 amide bonds. The molecule has 1 rings (SSSR count). The predicted molar refractivity (Wildman–Crippen MR) is 51.4 cm³/mol. The van der Waals surface area contributed by atoms with E-state index in [-0.39, 0.29) is 5.43 Å². The predicted octanol–water partition coefficient (Wildman–Crippen LogP) is 2.08. The highest BCUT2D eigenvalue weighted by molar-refractivity contribution is 5.22. The van der Waals surface area contributed by atoms with Crippen LogP contribution in [0.5, 0.6) is 0 Å². The van der Waals surface area contributed by atoms with Gasteiger partial charge in [0, 0.05) is 0 Å². The van der Waals surface area contributed by atoms with Gasteiger partial charge in [0.25, 0.3) is 0 Å². The third-order valence-corrected chi connectivity index (χ3v) is 1.73. The van der Waals surface area contributed by atoms with Crippen molar-refractivity contribution in [2.45, 2.75) is 13.3 Å². The van der Waals surface area contributed by atoms with E-state index in [1.165, 1.54) is 0 Å². The van der Waals surface area contributed by atoms with Crippen molar-refractivity contribution in [3.05, 3.63) is 58.3 Å². The number of rotatable bonds is 2. The summed E-state index contributed by atoms with van der Waals surface area (Å²) >= 11 is 0. The molecule has 0 aliphatic rings. The molecule has 1 nitrogen and oxygen atoms in total. The lowest BCUT2D eigenvalue weighted by molar-refractivity contribution is 1.27.